The highest BCUT2D eigenvalue weighted by molar-refractivity contribution is 7.07. The summed E-state index contributed by atoms with van der Waals surface area (Å²) in [5, 5.41) is 5.16. The highest BCUT2D eigenvalue weighted by atomic mass is 32.1. The van der Waals surface area contributed by atoms with Crippen LogP contribution in [0.15, 0.2) is 23.3 Å². The van der Waals surface area contributed by atoms with Crippen molar-refractivity contribution >= 4 is 17.2 Å². The first kappa shape index (κ1) is 13.4. The molecule has 20 heavy (non-hydrogen) atoms. The molecule has 0 saturated carbocycles. The van der Waals surface area contributed by atoms with Crippen molar-refractivity contribution in [2.24, 2.45) is 0 Å². The maximum atomic E-state index is 5.85. The third kappa shape index (κ3) is 2.95. The first-order chi connectivity index (χ1) is 9.86. The summed E-state index contributed by atoms with van der Waals surface area (Å²) >= 11 is 1.63. The van der Waals surface area contributed by atoms with Crippen LogP contribution in [-0.2, 0) is 11.3 Å². The molecule has 0 aliphatic carbocycles. The van der Waals surface area contributed by atoms with E-state index in [2.05, 4.69) is 30.5 Å². The monoisotopic (exact) mass is 291 g/mol. The minimum Gasteiger partial charge on any atom is -0.372 e. The van der Waals surface area contributed by atoms with Gasteiger partial charge in [-0.3, -0.25) is 9.88 Å². The Kier molecular flexibility index (Phi) is 4.19. The molecular weight excluding hydrogens is 274 g/mol. The van der Waals surface area contributed by atoms with E-state index in [1.807, 2.05) is 12.6 Å². The van der Waals surface area contributed by atoms with E-state index >= 15 is 0 Å². The molecular formula is C13H17N5OS. The molecule has 106 valence electrons. The Morgan fingerprint density at radius 2 is 2.30 bits per heavy atom. The van der Waals surface area contributed by atoms with Gasteiger partial charge in [0.2, 0.25) is 0 Å². The Labute approximate surface area is 121 Å². The van der Waals surface area contributed by atoms with Crippen LogP contribution in [0, 0.1) is 0 Å². The van der Waals surface area contributed by atoms with Crippen LogP contribution in [0.3, 0.4) is 0 Å². The minimum absolute atomic E-state index is 0.0430. The molecule has 2 aromatic rings. The summed E-state index contributed by atoms with van der Waals surface area (Å²) < 4.78 is 5.85. The predicted octanol–water partition coefficient (Wildman–Crippen LogP) is 1.55. The average Bonchev–Trinajstić information content (AvgIpc) is 3.00. The lowest BCUT2D eigenvalue weighted by atomic mass is 10.2. The molecule has 1 unspecified atom stereocenters. The lowest BCUT2D eigenvalue weighted by Crippen LogP contribution is -2.38. The van der Waals surface area contributed by atoms with E-state index in [1.165, 1.54) is 0 Å². The number of ether oxygens (including phenoxy) is 1. The predicted molar refractivity (Wildman–Crippen MR) is 77.7 cm³/mol. The molecule has 0 spiro atoms. The Morgan fingerprint density at radius 3 is 3.10 bits per heavy atom. The molecule has 3 rings (SSSR count). The summed E-state index contributed by atoms with van der Waals surface area (Å²) in [4.78, 5) is 15.4. The number of anilines is 1. The molecule has 1 aliphatic heterocycles. The quantitative estimate of drug-likeness (QED) is 0.922. The van der Waals surface area contributed by atoms with Crippen LogP contribution in [-0.4, -0.2) is 46.6 Å². The minimum atomic E-state index is -0.0430. The molecule has 1 saturated heterocycles. The molecule has 1 fully saturated rings. The van der Waals surface area contributed by atoms with E-state index in [4.69, 9.17) is 4.74 Å². The standard InChI is InChI=1S/C13H17N5OS/c1-14-13-12(15-2-3-16-13)11-7-18(4-5-19-11)6-10-8-20-9-17-10/h2-3,8-9,11H,4-7H2,1H3,(H,14,16). The molecule has 1 atom stereocenters. The number of morpholine rings is 1. The maximum Gasteiger partial charge on any atom is 0.150 e. The number of nitrogens with one attached hydrogen (secondary N) is 1. The Balaban J connectivity index is 1.71. The Morgan fingerprint density at radius 1 is 1.40 bits per heavy atom. The summed E-state index contributed by atoms with van der Waals surface area (Å²) in [6, 6.07) is 0. The van der Waals surface area contributed by atoms with Crippen LogP contribution in [0.1, 0.15) is 17.5 Å². The van der Waals surface area contributed by atoms with Gasteiger partial charge in [0.05, 0.1) is 17.8 Å². The highest BCUT2D eigenvalue weighted by Crippen LogP contribution is 2.25. The number of aromatic nitrogens is 3. The molecule has 0 aromatic carbocycles. The topological polar surface area (TPSA) is 63.2 Å². The second-order valence-corrected chi connectivity index (χ2v) is 5.33. The zero-order valence-electron chi connectivity index (χ0n) is 11.3. The molecule has 3 heterocycles. The van der Waals surface area contributed by atoms with Crippen molar-refractivity contribution in [2.45, 2.75) is 12.6 Å². The molecule has 6 nitrogen and oxygen atoms in total. The average molecular weight is 291 g/mol. The lowest BCUT2D eigenvalue weighted by molar-refractivity contribution is -0.0350. The molecule has 1 aliphatic rings. The van der Waals surface area contributed by atoms with E-state index in [-0.39, 0.29) is 6.10 Å². The van der Waals surface area contributed by atoms with Crippen LogP contribution in [0.2, 0.25) is 0 Å². The van der Waals surface area contributed by atoms with Crippen molar-refractivity contribution in [1.82, 2.24) is 19.9 Å². The molecule has 7 heteroatoms. The summed E-state index contributed by atoms with van der Waals surface area (Å²) in [5.41, 5.74) is 3.86. The van der Waals surface area contributed by atoms with E-state index in [9.17, 15) is 0 Å². The van der Waals surface area contributed by atoms with E-state index in [1.54, 1.807) is 23.7 Å². The van der Waals surface area contributed by atoms with E-state index < -0.39 is 0 Å². The van der Waals surface area contributed by atoms with Gasteiger partial charge in [-0.25, -0.2) is 9.97 Å². The van der Waals surface area contributed by atoms with Crippen molar-refractivity contribution in [3.8, 4) is 0 Å². The van der Waals surface area contributed by atoms with Crippen LogP contribution < -0.4 is 5.32 Å². The van der Waals surface area contributed by atoms with Crippen molar-refractivity contribution < 1.29 is 4.74 Å². The van der Waals surface area contributed by atoms with Gasteiger partial charge in [0.15, 0.2) is 0 Å². The van der Waals surface area contributed by atoms with E-state index in [0.717, 1.165) is 36.8 Å². The second-order valence-electron chi connectivity index (χ2n) is 4.61. The fourth-order valence-electron chi connectivity index (χ4n) is 2.33. The third-order valence-electron chi connectivity index (χ3n) is 3.29. The smallest absolute Gasteiger partial charge is 0.150 e. The number of nitrogens with zero attached hydrogens (tertiary/aromatic N) is 4. The normalized spacial score (nSPS) is 19.9. The fourth-order valence-corrected chi connectivity index (χ4v) is 2.88. The fraction of sp³-hybridized carbons (Fsp3) is 0.462. The maximum absolute atomic E-state index is 5.85. The third-order valence-corrected chi connectivity index (χ3v) is 3.92. The Bertz CT molecular complexity index is 547. The van der Waals surface area contributed by atoms with Crippen LogP contribution in [0.5, 0.6) is 0 Å². The van der Waals surface area contributed by atoms with Gasteiger partial charge >= 0.3 is 0 Å². The highest BCUT2D eigenvalue weighted by Gasteiger charge is 2.25. The number of hydrogen-bond acceptors (Lipinski definition) is 7. The SMILES string of the molecule is CNc1nccnc1C1CN(Cc2cscn2)CCO1. The van der Waals surface area contributed by atoms with Gasteiger partial charge in [0.25, 0.3) is 0 Å². The number of rotatable bonds is 4. The molecule has 0 bridgehead atoms. The summed E-state index contributed by atoms with van der Waals surface area (Å²) in [5.74, 6) is 0.785. The van der Waals surface area contributed by atoms with Gasteiger partial charge in [-0.1, -0.05) is 0 Å². The van der Waals surface area contributed by atoms with Gasteiger partial charge < -0.3 is 10.1 Å². The second kappa shape index (κ2) is 6.25. The lowest BCUT2D eigenvalue weighted by Gasteiger charge is -2.32. The van der Waals surface area contributed by atoms with Crippen LogP contribution in [0.25, 0.3) is 0 Å². The van der Waals surface area contributed by atoms with Crippen molar-refractivity contribution in [3.63, 3.8) is 0 Å². The summed E-state index contributed by atoms with van der Waals surface area (Å²) in [6.07, 6.45) is 3.35. The van der Waals surface area contributed by atoms with Gasteiger partial charge in [-0.2, -0.15) is 0 Å². The van der Waals surface area contributed by atoms with Crippen LogP contribution >= 0.6 is 11.3 Å². The molecule has 2 aromatic heterocycles. The number of thiazole rings is 1. The first-order valence-corrected chi connectivity index (χ1v) is 7.51. The zero-order valence-corrected chi connectivity index (χ0v) is 12.1. The zero-order chi connectivity index (χ0) is 13.8. The van der Waals surface area contributed by atoms with Crippen molar-refractivity contribution in [3.05, 3.63) is 34.7 Å². The van der Waals surface area contributed by atoms with Crippen molar-refractivity contribution in [2.75, 3.05) is 32.1 Å². The van der Waals surface area contributed by atoms with Gasteiger partial charge in [0.1, 0.15) is 17.6 Å². The summed E-state index contributed by atoms with van der Waals surface area (Å²) in [7, 11) is 1.85. The largest absolute Gasteiger partial charge is 0.372 e. The van der Waals surface area contributed by atoms with Gasteiger partial charge in [-0.05, 0) is 0 Å². The summed E-state index contributed by atoms with van der Waals surface area (Å²) in [6.45, 7) is 3.29. The van der Waals surface area contributed by atoms with Gasteiger partial charge in [0, 0.05) is 44.5 Å². The molecule has 0 amide bonds. The van der Waals surface area contributed by atoms with Crippen molar-refractivity contribution in [1.29, 1.82) is 0 Å². The van der Waals surface area contributed by atoms with E-state index in [0.29, 0.717) is 6.61 Å². The molecule has 1 N–H and O–H groups in total. The molecule has 0 radical (unpaired) electrons. The number of hydrogen-bond donors (Lipinski definition) is 1. The first-order valence-electron chi connectivity index (χ1n) is 6.56. The van der Waals surface area contributed by atoms with Crippen LogP contribution in [0.4, 0.5) is 5.82 Å². The van der Waals surface area contributed by atoms with Gasteiger partial charge in [-0.15, -0.1) is 11.3 Å². The Hall–Kier alpha value is -1.57.